The number of allylic oxidation sites excluding steroid dienone is 4. The number of rotatable bonds is 9. The minimum absolute atomic E-state index is 0.331. The number of nitrogens with one attached hydrogen (secondary N) is 1. The molecule has 0 fully saturated rings. The van der Waals surface area contributed by atoms with Crippen LogP contribution in [0.5, 0.6) is 0 Å². The van der Waals surface area contributed by atoms with E-state index < -0.39 is 17.5 Å². The van der Waals surface area contributed by atoms with Crippen molar-refractivity contribution in [2.45, 2.75) is 33.3 Å². The molecule has 4 nitrogen and oxygen atoms in total. The van der Waals surface area contributed by atoms with E-state index in [1.807, 2.05) is 39.0 Å². The van der Waals surface area contributed by atoms with Crippen LogP contribution in [0.25, 0.3) is 0 Å². The van der Waals surface area contributed by atoms with E-state index in [1.165, 1.54) is 12.2 Å². The van der Waals surface area contributed by atoms with E-state index in [-0.39, 0.29) is 0 Å². The monoisotopic (exact) mass is 443 g/mol. The fourth-order valence-electron chi connectivity index (χ4n) is 3.16. The lowest BCUT2D eigenvalue weighted by Crippen LogP contribution is -2.49. The first-order valence-electron chi connectivity index (χ1n) is 10.9. The zero-order valence-electron chi connectivity index (χ0n) is 19.9. The highest BCUT2D eigenvalue weighted by atomic mass is 16.6. The Labute approximate surface area is 197 Å². The van der Waals surface area contributed by atoms with Crippen LogP contribution in [0.15, 0.2) is 121 Å². The van der Waals surface area contributed by atoms with E-state index >= 15 is 0 Å². The van der Waals surface area contributed by atoms with Crippen molar-refractivity contribution in [3.8, 4) is 0 Å². The number of esters is 1. The summed E-state index contributed by atoms with van der Waals surface area (Å²) in [5.41, 5.74) is -0.00463. The van der Waals surface area contributed by atoms with E-state index in [9.17, 15) is 9.59 Å². The van der Waals surface area contributed by atoms with Gasteiger partial charge in [0.05, 0.1) is 5.56 Å². The van der Waals surface area contributed by atoms with Crippen LogP contribution < -0.4 is 5.32 Å². The zero-order chi connectivity index (χ0) is 24.7. The van der Waals surface area contributed by atoms with Gasteiger partial charge in [0.25, 0.3) is 5.91 Å². The molecule has 0 aliphatic carbocycles. The van der Waals surface area contributed by atoms with E-state index in [4.69, 9.17) is 4.74 Å². The van der Waals surface area contributed by atoms with Crippen molar-refractivity contribution in [3.63, 3.8) is 0 Å². The molecule has 0 aliphatic rings. The van der Waals surface area contributed by atoms with Crippen molar-refractivity contribution in [1.29, 1.82) is 0 Å². The first kappa shape index (κ1) is 27.1. The van der Waals surface area contributed by atoms with Gasteiger partial charge in [-0.2, -0.15) is 0 Å². The molecule has 172 valence electrons. The Morgan fingerprint density at radius 2 is 1.48 bits per heavy atom. The largest absolute Gasteiger partial charge is 0.435 e. The van der Waals surface area contributed by atoms with Crippen molar-refractivity contribution in [2.24, 2.45) is 0 Å². The fourth-order valence-corrected chi connectivity index (χ4v) is 3.16. The Bertz CT molecular complexity index is 1020. The summed E-state index contributed by atoms with van der Waals surface area (Å²) in [6.07, 6.45) is 9.90. The van der Waals surface area contributed by atoms with Gasteiger partial charge in [0.15, 0.2) is 0 Å². The number of carbonyl (C=O) groups is 2. The Morgan fingerprint density at radius 3 is 1.97 bits per heavy atom. The fraction of sp³-hybridized carbons (Fsp3) is 0.172. The number of benzene rings is 2. The Balaban J connectivity index is 0.00000265. The smallest absolute Gasteiger partial charge is 0.339 e. The van der Waals surface area contributed by atoms with Gasteiger partial charge in [-0.3, -0.25) is 4.79 Å². The summed E-state index contributed by atoms with van der Waals surface area (Å²) in [5, 5.41) is 2.87. The molecule has 1 N–H and O–H groups in total. The van der Waals surface area contributed by atoms with Crippen LogP contribution in [0.3, 0.4) is 0 Å². The second-order valence-electron chi connectivity index (χ2n) is 6.56. The molecule has 1 atom stereocenters. The molecule has 0 bridgehead atoms. The quantitative estimate of drug-likeness (QED) is 0.333. The van der Waals surface area contributed by atoms with E-state index in [0.717, 1.165) is 0 Å². The maximum absolute atomic E-state index is 13.8. The highest BCUT2D eigenvalue weighted by Gasteiger charge is 2.47. The van der Waals surface area contributed by atoms with Crippen LogP contribution >= 0.6 is 0 Å². The lowest BCUT2D eigenvalue weighted by Gasteiger charge is -2.34. The van der Waals surface area contributed by atoms with Gasteiger partial charge in [-0.15, -0.1) is 0 Å². The Hall–Kier alpha value is -3.92. The summed E-state index contributed by atoms with van der Waals surface area (Å²) >= 11 is 0. The van der Waals surface area contributed by atoms with Crippen LogP contribution in [0.2, 0.25) is 0 Å². The Morgan fingerprint density at radius 1 is 0.909 bits per heavy atom. The molecule has 0 spiro atoms. The van der Waals surface area contributed by atoms with E-state index in [0.29, 0.717) is 22.4 Å². The number of hydrogen-bond donors (Lipinski definition) is 1. The van der Waals surface area contributed by atoms with Crippen LogP contribution in [-0.2, 0) is 9.53 Å². The highest BCUT2D eigenvalue weighted by Crippen LogP contribution is 2.35. The van der Waals surface area contributed by atoms with Crippen LogP contribution in [0.1, 0.15) is 38.1 Å². The van der Waals surface area contributed by atoms with E-state index in [2.05, 4.69) is 18.5 Å². The molecule has 0 radical (unpaired) electrons. The molecule has 0 aliphatic heterocycles. The molecule has 4 heteroatoms. The minimum atomic E-state index is -1.78. The van der Waals surface area contributed by atoms with Gasteiger partial charge >= 0.3 is 5.97 Å². The van der Waals surface area contributed by atoms with Crippen molar-refractivity contribution in [1.82, 2.24) is 0 Å². The maximum Gasteiger partial charge on any atom is 0.339 e. The van der Waals surface area contributed by atoms with Gasteiger partial charge in [-0.1, -0.05) is 99.9 Å². The molecule has 1 amide bonds. The topological polar surface area (TPSA) is 55.4 Å². The molecule has 1 unspecified atom stereocenters. The molecule has 2 aromatic rings. The van der Waals surface area contributed by atoms with Crippen LogP contribution in [0, 0.1) is 0 Å². The molecule has 0 saturated heterocycles. The predicted octanol–water partition coefficient (Wildman–Crippen LogP) is 7.07. The summed E-state index contributed by atoms with van der Waals surface area (Å²) in [4.78, 5) is 26.9. The predicted molar refractivity (Wildman–Crippen MR) is 138 cm³/mol. The number of para-hydroxylation sites is 1. The molecule has 0 saturated carbocycles. The number of hydrogen-bond acceptors (Lipinski definition) is 3. The molecule has 0 heterocycles. The van der Waals surface area contributed by atoms with Gasteiger partial charge < -0.3 is 10.1 Å². The normalized spacial score (nSPS) is 13.2. The van der Waals surface area contributed by atoms with Gasteiger partial charge in [-0.25, -0.2) is 4.79 Å². The van der Waals surface area contributed by atoms with Crippen LogP contribution in [0.4, 0.5) is 5.69 Å². The third-order valence-corrected chi connectivity index (χ3v) is 4.59. The first-order chi connectivity index (χ1) is 16.0. The molecule has 0 aromatic heterocycles. The lowest BCUT2D eigenvalue weighted by atomic mass is 9.83. The molecule has 2 aromatic carbocycles. The van der Waals surface area contributed by atoms with Crippen molar-refractivity contribution in [3.05, 3.63) is 127 Å². The van der Waals surface area contributed by atoms with Gasteiger partial charge in [-0.05, 0) is 38.1 Å². The molecule has 2 rings (SSSR count). The van der Waals surface area contributed by atoms with Gasteiger partial charge in [0, 0.05) is 16.8 Å². The summed E-state index contributed by atoms with van der Waals surface area (Å²) in [5.74, 6) is -1.16. The number of anilines is 1. The SMILES string of the molecule is C=C/C=C(\C=C)C(OC(=O)c1ccccc1)(C(=O)Nc1ccccc1)C(/C=C\C)=C/C.CC. The van der Waals surface area contributed by atoms with Crippen LogP contribution in [-0.4, -0.2) is 17.5 Å². The molecule has 33 heavy (non-hydrogen) atoms. The average molecular weight is 444 g/mol. The van der Waals surface area contributed by atoms with E-state index in [1.54, 1.807) is 73.7 Å². The second-order valence-corrected chi connectivity index (χ2v) is 6.56. The lowest BCUT2D eigenvalue weighted by molar-refractivity contribution is -0.128. The highest BCUT2D eigenvalue weighted by molar-refractivity contribution is 6.06. The Kier molecular flexibility index (Phi) is 11.7. The third kappa shape index (κ3) is 6.78. The number of amides is 1. The minimum Gasteiger partial charge on any atom is -0.435 e. The number of carbonyl (C=O) groups excluding carboxylic acids is 2. The van der Waals surface area contributed by atoms with Gasteiger partial charge in [0.1, 0.15) is 0 Å². The standard InChI is InChI=1S/C27H27NO3.C2H6/c1-5-15-22(7-3)27(23(8-4)16-6-2,26(30)28-24-19-13-10-14-20-24)31-25(29)21-17-11-9-12-18-21;1-2/h5-20H,1,3H2,2,4H3,(H,28,30);1-2H3/b16-6-,22-15+,23-8+;. The van der Waals surface area contributed by atoms with Crippen molar-refractivity contribution < 1.29 is 14.3 Å². The zero-order valence-corrected chi connectivity index (χ0v) is 19.9. The summed E-state index contributed by atoms with van der Waals surface area (Å²) in [7, 11) is 0. The average Bonchev–Trinajstić information content (AvgIpc) is 2.87. The van der Waals surface area contributed by atoms with Crippen molar-refractivity contribution >= 4 is 17.6 Å². The van der Waals surface area contributed by atoms with Gasteiger partial charge in [0.2, 0.25) is 5.60 Å². The number of ether oxygens (including phenoxy) is 1. The summed E-state index contributed by atoms with van der Waals surface area (Å²) in [6.45, 7) is 15.2. The summed E-state index contributed by atoms with van der Waals surface area (Å²) < 4.78 is 6.01. The third-order valence-electron chi connectivity index (χ3n) is 4.59. The maximum atomic E-state index is 13.8. The summed E-state index contributed by atoms with van der Waals surface area (Å²) in [6, 6.07) is 17.5. The molecular weight excluding hydrogens is 410 g/mol. The molecular formula is C29H33NO3. The second kappa shape index (κ2) is 14.2. The first-order valence-corrected chi connectivity index (χ1v) is 10.9. The van der Waals surface area contributed by atoms with Crippen molar-refractivity contribution in [2.75, 3.05) is 5.32 Å².